The van der Waals surface area contributed by atoms with Crippen molar-refractivity contribution in [3.05, 3.63) is 0 Å². The first-order valence-electron chi connectivity index (χ1n) is 3.39. The molecule has 0 fully saturated rings. The Kier molecular flexibility index (Phi) is 5.35. The predicted molar refractivity (Wildman–Crippen MR) is 36.8 cm³/mol. The normalized spacial score (nSPS) is 19.4. The van der Waals surface area contributed by atoms with Gasteiger partial charge in [0, 0.05) is 6.61 Å². The van der Waals surface area contributed by atoms with Crippen molar-refractivity contribution in [2.75, 3.05) is 13.2 Å². The molecule has 5 N–H and O–H groups in total. The van der Waals surface area contributed by atoms with Gasteiger partial charge in [-0.2, -0.15) is 0 Å². The van der Waals surface area contributed by atoms with E-state index in [0.29, 0.717) is 0 Å². The van der Waals surface area contributed by atoms with E-state index in [0.717, 1.165) is 0 Å². The van der Waals surface area contributed by atoms with Gasteiger partial charge in [-0.25, -0.2) is 0 Å². The molecule has 0 aliphatic rings. The second kappa shape index (κ2) is 5.45. The summed E-state index contributed by atoms with van der Waals surface area (Å²) in [6.45, 7) is -0.875. The highest BCUT2D eigenvalue weighted by molar-refractivity contribution is 4.73. The lowest BCUT2D eigenvalue weighted by molar-refractivity contribution is -0.0813. The quantitative estimate of drug-likeness (QED) is 0.309. The fraction of sp³-hybridized carbons (Fsp3) is 1.00. The zero-order valence-electron chi connectivity index (χ0n) is 6.09. The molecule has 0 saturated carbocycles. The molecule has 0 aliphatic carbocycles. The highest BCUT2D eigenvalue weighted by Gasteiger charge is 2.22. The molecule has 2 unspecified atom stereocenters. The number of aliphatic hydroxyl groups excluding tert-OH is 5. The lowest BCUT2D eigenvalue weighted by Crippen LogP contribution is -2.39. The molecule has 0 spiro atoms. The summed E-state index contributed by atoms with van der Waals surface area (Å²) < 4.78 is 0. The van der Waals surface area contributed by atoms with Gasteiger partial charge in [0.05, 0.1) is 12.7 Å². The van der Waals surface area contributed by atoms with Crippen LogP contribution in [-0.2, 0) is 0 Å². The van der Waals surface area contributed by atoms with Crippen molar-refractivity contribution in [1.82, 2.24) is 0 Å². The smallest absolute Gasteiger partial charge is 0.108 e. The van der Waals surface area contributed by atoms with Crippen LogP contribution < -0.4 is 0 Å². The van der Waals surface area contributed by atoms with Gasteiger partial charge in [0.1, 0.15) is 12.2 Å². The topological polar surface area (TPSA) is 101 Å². The number of hydrogen-bond acceptors (Lipinski definition) is 5. The minimum atomic E-state index is -1.40. The summed E-state index contributed by atoms with van der Waals surface area (Å²) in [6.07, 6.45) is -3.95. The summed E-state index contributed by atoms with van der Waals surface area (Å²) in [4.78, 5) is 0. The Morgan fingerprint density at radius 1 is 0.909 bits per heavy atom. The molecule has 0 aromatic rings. The van der Waals surface area contributed by atoms with E-state index >= 15 is 0 Å². The first-order chi connectivity index (χ1) is 5.13. The number of aliphatic hydroxyl groups is 5. The summed E-state index contributed by atoms with van der Waals surface area (Å²) in [5.41, 5.74) is 0. The molecule has 0 saturated heterocycles. The van der Waals surface area contributed by atoms with Crippen LogP contribution in [0.15, 0.2) is 0 Å². The minimum Gasteiger partial charge on any atom is -0.396 e. The second-order valence-corrected chi connectivity index (χ2v) is 2.32. The molecule has 0 aromatic carbocycles. The van der Waals surface area contributed by atoms with E-state index in [4.69, 9.17) is 25.5 Å². The van der Waals surface area contributed by atoms with Gasteiger partial charge in [0.25, 0.3) is 0 Å². The standard InChI is InChI=1S/C6H14O5/c7-2-1-4(9)6(11)5(10)3-8/h4-11H,1-3H2/t4-,5?,6?/m1/s1. The van der Waals surface area contributed by atoms with Crippen LogP contribution >= 0.6 is 0 Å². The van der Waals surface area contributed by atoms with Crippen molar-refractivity contribution in [3.63, 3.8) is 0 Å². The van der Waals surface area contributed by atoms with Crippen LogP contribution in [0.2, 0.25) is 0 Å². The van der Waals surface area contributed by atoms with Gasteiger partial charge in [0.15, 0.2) is 0 Å². The van der Waals surface area contributed by atoms with Crippen molar-refractivity contribution in [1.29, 1.82) is 0 Å². The third-order valence-electron chi connectivity index (χ3n) is 1.40. The average molecular weight is 166 g/mol. The molecular weight excluding hydrogens is 152 g/mol. The molecule has 0 rings (SSSR count). The summed E-state index contributed by atoms with van der Waals surface area (Å²) >= 11 is 0. The van der Waals surface area contributed by atoms with Crippen molar-refractivity contribution in [2.45, 2.75) is 24.7 Å². The van der Waals surface area contributed by atoms with Crippen LogP contribution in [0.4, 0.5) is 0 Å². The molecule has 0 aromatic heterocycles. The van der Waals surface area contributed by atoms with Crippen LogP contribution in [-0.4, -0.2) is 57.1 Å². The first-order valence-corrected chi connectivity index (χ1v) is 3.39. The van der Waals surface area contributed by atoms with E-state index in [2.05, 4.69) is 0 Å². The zero-order valence-corrected chi connectivity index (χ0v) is 6.09. The van der Waals surface area contributed by atoms with Crippen LogP contribution in [0.25, 0.3) is 0 Å². The van der Waals surface area contributed by atoms with Crippen LogP contribution in [0.1, 0.15) is 6.42 Å². The molecule has 0 heterocycles. The van der Waals surface area contributed by atoms with E-state index in [-0.39, 0.29) is 13.0 Å². The summed E-state index contributed by atoms with van der Waals surface area (Å²) in [5.74, 6) is 0. The fourth-order valence-corrected chi connectivity index (χ4v) is 0.667. The molecule has 68 valence electrons. The number of rotatable bonds is 5. The van der Waals surface area contributed by atoms with Crippen LogP contribution in [0.5, 0.6) is 0 Å². The Hall–Kier alpha value is -0.200. The van der Waals surface area contributed by atoms with Gasteiger partial charge >= 0.3 is 0 Å². The molecule has 0 radical (unpaired) electrons. The summed E-state index contributed by atoms with van der Waals surface area (Å²) in [6, 6.07) is 0. The monoisotopic (exact) mass is 166 g/mol. The van der Waals surface area contributed by atoms with Gasteiger partial charge < -0.3 is 25.5 Å². The Labute approximate surface area is 64.5 Å². The van der Waals surface area contributed by atoms with Crippen LogP contribution in [0, 0.1) is 0 Å². The van der Waals surface area contributed by atoms with E-state index in [9.17, 15) is 0 Å². The Balaban J connectivity index is 3.70. The lowest BCUT2D eigenvalue weighted by Gasteiger charge is -2.20. The van der Waals surface area contributed by atoms with Crippen molar-refractivity contribution >= 4 is 0 Å². The van der Waals surface area contributed by atoms with Crippen molar-refractivity contribution in [3.8, 4) is 0 Å². The maximum Gasteiger partial charge on any atom is 0.108 e. The van der Waals surface area contributed by atoms with Gasteiger partial charge in [0.2, 0.25) is 0 Å². The fourth-order valence-electron chi connectivity index (χ4n) is 0.667. The van der Waals surface area contributed by atoms with E-state index in [1.54, 1.807) is 0 Å². The molecule has 0 aliphatic heterocycles. The van der Waals surface area contributed by atoms with Crippen LogP contribution in [0.3, 0.4) is 0 Å². The highest BCUT2D eigenvalue weighted by atomic mass is 16.4. The van der Waals surface area contributed by atoms with E-state index in [1.165, 1.54) is 0 Å². The third kappa shape index (κ3) is 3.64. The molecule has 3 atom stereocenters. The molecule has 0 amide bonds. The molecule has 5 nitrogen and oxygen atoms in total. The molecule has 0 bridgehead atoms. The van der Waals surface area contributed by atoms with Crippen molar-refractivity contribution < 1.29 is 25.5 Å². The Morgan fingerprint density at radius 2 is 1.45 bits per heavy atom. The predicted octanol–water partition coefficient (Wildman–Crippen LogP) is -2.56. The largest absolute Gasteiger partial charge is 0.396 e. The summed E-state index contributed by atoms with van der Waals surface area (Å²) in [7, 11) is 0. The number of hydrogen-bond donors (Lipinski definition) is 5. The highest BCUT2D eigenvalue weighted by Crippen LogP contribution is 2.02. The van der Waals surface area contributed by atoms with Gasteiger partial charge in [-0.15, -0.1) is 0 Å². The minimum absolute atomic E-state index is 0.0156. The maximum atomic E-state index is 8.95. The Bertz CT molecular complexity index is 97.0. The SMILES string of the molecule is OCC[C@@H](O)C(O)C(O)CO. The molecule has 5 heteroatoms. The molecular formula is C6H14O5. The summed E-state index contributed by atoms with van der Waals surface area (Å²) in [5, 5.41) is 43.3. The van der Waals surface area contributed by atoms with Gasteiger partial charge in [-0.1, -0.05) is 0 Å². The van der Waals surface area contributed by atoms with Gasteiger partial charge in [-0.05, 0) is 6.42 Å². The first kappa shape index (κ1) is 10.8. The molecule has 11 heavy (non-hydrogen) atoms. The Morgan fingerprint density at radius 3 is 1.82 bits per heavy atom. The lowest BCUT2D eigenvalue weighted by atomic mass is 10.1. The van der Waals surface area contributed by atoms with E-state index < -0.39 is 24.9 Å². The third-order valence-corrected chi connectivity index (χ3v) is 1.40. The van der Waals surface area contributed by atoms with E-state index in [1.807, 2.05) is 0 Å². The second-order valence-electron chi connectivity index (χ2n) is 2.32. The zero-order chi connectivity index (χ0) is 8.85. The van der Waals surface area contributed by atoms with Gasteiger partial charge in [-0.3, -0.25) is 0 Å². The maximum absolute atomic E-state index is 8.95. The van der Waals surface area contributed by atoms with Crippen molar-refractivity contribution in [2.24, 2.45) is 0 Å². The average Bonchev–Trinajstić information content (AvgIpc) is 2.02.